The first kappa shape index (κ1) is 18.1. The second-order valence-electron chi connectivity index (χ2n) is 5.45. The summed E-state index contributed by atoms with van der Waals surface area (Å²) in [7, 11) is 0. The molecule has 0 aliphatic carbocycles. The maximum absolute atomic E-state index is 12.1. The van der Waals surface area contributed by atoms with E-state index in [1.165, 1.54) is 12.1 Å². The van der Waals surface area contributed by atoms with Crippen LogP contribution in [0.5, 0.6) is 0 Å². The van der Waals surface area contributed by atoms with E-state index < -0.39 is 42.1 Å². The third-order valence-electron chi connectivity index (χ3n) is 3.72. The number of benzene rings is 1. The highest BCUT2D eigenvalue weighted by Gasteiger charge is 2.35. The van der Waals surface area contributed by atoms with Gasteiger partial charge in [-0.3, -0.25) is 24.1 Å². The average Bonchev–Trinajstić information content (AvgIpc) is 2.81. The Morgan fingerprint density at radius 2 is 1.56 bits per heavy atom. The molecule has 9 heteroatoms. The quantitative estimate of drug-likeness (QED) is 0.566. The molecule has 1 atom stereocenters. The van der Waals surface area contributed by atoms with Crippen LogP contribution in [0.25, 0.3) is 0 Å². The number of nitrogens with zero attached hydrogens (tertiary/aromatic N) is 1. The zero-order chi connectivity index (χ0) is 18.6. The van der Waals surface area contributed by atoms with Crippen molar-refractivity contribution in [3.8, 4) is 0 Å². The first-order valence-electron chi connectivity index (χ1n) is 7.50. The summed E-state index contributed by atoms with van der Waals surface area (Å²) in [6.07, 6.45) is -0.943. The molecule has 1 unspecified atom stereocenters. The Kier molecular flexibility index (Phi) is 5.48. The van der Waals surface area contributed by atoms with Gasteiger partial charge in [0.1, 0.15) is 6.04 Å². The molecule has 1 aromatic rings. The molecule has 0 fully saturated rings. The topological polar surface area (TPSA) is 141 Å². The molecule has 2 rings (SSSR count). The van der Waals surface area contributed by atoms with E-state index in [0.717, 1.165) is 4.90 Å². The fraction of sp³-hybridized carbons (Fsp3) is 0.312. The number of carboxylic acids is 2. The number of rotatable bonds is 8. The molecule has 132 valence electrons. The number of fused-ring (bicyclic) bond motifs is 1. The SMILES string of the molecule is O=C(O)CCC(NC(=O)CCN1C(=O)c2ccccc2C1=O)C(=O)O. The third kappa shape index (κ3) is 4.19. The number of imide groups is 1. The van der Waals surface area contributed by atoms with Crippen LogP contribution < -0.4 is 5.32 Å². The fourth-order valence-electron chi connectivity index (χ4n) is 2.45. The minimum absolute atomic E-state index is 0.191. The molecule has 9 nitrogen and oxygen atoms in total. The summed E-state index contributed by atoms with van der Waals surface area (Å²) in [5.41, 5.74) is 0.524. The molecule has 1 aromatic carbocycles. The van der Waals surface area contributed by atoms with Gasteiger partial charge in [-0.1, -0.05) is 12.1 Å². The average molecular weight is 348 g/mol. The van der Waals surface area contributed by atoms with E-state index in [2.05, 4.69) is 5.32 Å². The number of aliphatic carboxylic acids is 2. The standard InChI is InChI=1S/C16H16N2O7/c19-12(17-11(16(24)25)5-6-13(20)21)7-8-18-14(22)9-3-1-2-4-10(9)15(18)23/h1-4,11H,5-8H2,(H,17,19)(H,20,21)(H,24,25). The molecule has 25 heavy (non-hydrogen) atoms. The van der Waals surface area contributed by atoms with E-state index in [0.29, 0.717) is 0 Å². The van der Waals surface area contributed by atoms with E-state index in [9.17, 15) is 24.0 Å². The van der Waals surface area contributed by atoms with Gasteiger partial charge in [-0.15, -0.1) is 0 Å². The van der Waals surface area contributed by atoms with Crippen molar-refractivity contribution in [3.05, 3.63) is 35.4 Å². The van der Waals surface area contributed by atoms with Crippen LogP contribution in [0.15, 0.2) is 24.3 Å². The van der Waals surface area contributed by atoms with Gasteiger partial charge >= 0.3 is 11.9 Å². The van der Waals surface area contributed by atoms with Crippen LogP contribution in [-0.2, 0) is 14.4 Å². The van der Waals surface area contributed by atoms with E-state index in [4.69, 9.17) is 10.2 Å². The summed E-state index contributed by atoms with van der Waals surface area (Å²) in [5.74, 6) is -4.22. The van der Waals surface area contributed by atoms with E-state index >= 15 is 0 Å². The molecule has 1 aliphatic rings. The minimum Gasteiger partial charge on any atom is -0.481 e. The zero-order valence-corrected chi connectivity index (χ0v) is 13.1. The van der Waals surface area contributed by atoms with Crippen LogP contribution in [-0.4, -0.2) is 57.4 Å². The van der Waals surface area contributed by atoms with Gasteiger partial charge in [0.15, 0.2) is 0 Å². The molecule has 1 aliphatic heterocycles. The maximum Gasteiger partial charge on any atom is 0.326 e. The molecule has 0 spiro atoms. The van der Waals surface area contributed by atoms with Crippen LogP contribution in [0.3, 0.4) is 0 Å². The summed E-state index contributed by atoms with van der Waals surface area (Å²) in [4.78, 5) is 58.6. The molecular formula is C16H16N2O7. The van der Waals surface area contributed by atoms with Gasteiger partial charge in [0.25, 0.3) is 11.8 Å². The van der Waals surface area contributed by atoms with E-state index in [1.54, 1.807) is 12.1 Å². The third-order valence-corrected chi connectivity index (χ3v) is 3.72. The highest BCUT2D eigenvalue weighted by molar-refractivity contribution is 6.21. The van der Waals surface area contributed by atoms with Crippen LogP contribution >= 0.6 is 0 Å². The molecule has 1 heterocycles. The second-order valence-corrected chi connectivity index (χ2v) is 5.45. The highest BCUT2D eigenvalue weighted by Crippen LogP contribution is 2.22. The monoisotopic (exact) mass is 348 g/mol. The molecular weight excluding hydrogens is 332 g/mol. The van der Waals surface area contributed by atoms with Crippen molar-refractivity contribution in [1.82, 2.24) is 10.2 Å². The van der Waals surface area contributed by atoms with Crippen molar-refractivity contribution >= 4 is 29.7 Å². The maximum atomic E-state index is 12.1. The Balaban J connectivity index is 1.92. The van der Waals surface area contributed by atoms with Gasteiger partial charge in [-0.2, -0.15) is 0 Å². The van der Waals surface area contributed by atoms with Crippen molar-refractivity contribution in [1.29, 1.82) is 0 Å². The number of amides is 3. The number of hydrogen-bond acceptors (Lipinski definition) is 5. The van der Waals surface area contributed by atoms with Crippen molar-refractivity contribution in [2.75, 3.05) is 6.54 Å². The summed E-state index contributed by atoms with van der Waals surface area (Å²) in [6, 6.07) is 4.94. The lowest BCUT2D eigenvalue weighted by atomic mass is 10.1. The molecule has 0 saturated carbocycles. The lowest BCUT2D eigenvalue weighted by Gasteiger charge is -2.16. The molecule has 0 radical (unpaired) electrons. The summed E-state index contributed by atoms with van der Waals surface area (Å²) in [6.45, 7) is -0.191. The predicted octanol–water partition coefficient (Wildman–Crippen LogP) is 0.107. The molecule has 0 bridgehead atoms. The van der Waals surface area contributed by atoms with Crippen LogP contribution in [0.2, 0.25) is 0 Å². The lowest BCUT2D eigenvalue weighted by molar-refractivity contribution is -0.143. The molecule has 0 aromatic heterocycles. The van der Waals surface area contributed by atoms with Crippen molar-refractivity contribution in [2.24, 2.45) is 0 Å². The number of carbonyl (C=O) groups is 5. The summed E-state index contributed by atoms with van der Waals surface area (Å²) >= 11 is 0. The van der Waals surface area contributed by atoms with Crippen molar-refractivity contribution in [3.63, 3.8) is 0 Å². The lowest BCUT2D eigenvalue weighted by Crippen LogP contribution is -2.42. The molecule has 3 N–H and O–H groups in total. The second kappa shape index (κ2) is 7.56. The van der Waals surface area contributed by atoms with Gasteiger partial charge in [-0.05, 0) is 18.6 Å². The molecule has 0 saturated heterocycles. The predicted molar refractivity (Wildman–Crippen MR) is 82.9 cm³/mol. The Morgan fingerprint density at radius 3 is 2.04 bits per heavy atom. The minimum atomic E-state index is -1.35. The van der Waals surface area contributed by atoms with Crippen LogP contribution in [0, 0.1) is 0 Å². The number of carboxylic acid groups (broad SMARTS) is 2. The first-order valence-corrected chi connectivity index (χ1v) is 7.50. The van der Waals surface area contributed by atoms with Crippen molar-refractivity contribution < 1.29 is 34.2 Å². The highest BCUT2D eigenvalue weighted by atomic mass is 16.4. The molecule has 3 amide bonds. The van der Waals surface area contributed by atoms with E-state index in [-0.39, 0.29) is 30.5 Å². The zero-order valence-electron chi connectivity index (χ0n) is 13.1. The largest absolute Gasteiger partial charge is 0.481 e. The van der Waals surface area contributed by atoms with Gasteiger partial charge in [0, 0.05) is 19.4 Å². The Hall–Kier alpha value is -3.23. The van der Waals surface area contributed by atoms with Gasteiger partial charge in [-0.25, -0.2) is 4.79 Å². The van der Waals surface area contributed by atoms with Gasteiger partial charge < -0.3 is 15.5 Å². The fourth-order valence-corrected chi connectivity index (χ4v) is 2.45. The smallest absolute Gasteiger partial charge is 0.326 e. The number of nitrogens with one attached hydrogen (secondary N) is 1. The van der Waals surface area contributed by atoms with Gasteiger partial charge in [0.2, 0.25) is 5.91 Å². The number of hydrogen-bond donors (Lipinski definition) is 3. The van der Waals surface area contributed by atoms with Crippen LogP contribution in [0.1, 0.15) is 40.0 Å². The van der Waals surface area contributed by atoms with Gasteiger partial charge in [0.05, 0.1) is 11.1 Å². The van der Waals surface area contributed by atoms with Crippen LogP contribution in [0.4, 0.5) is 0 Å². The number of carbonyl (C=O) groups excluding carboxylic acids is 3. The summed E-state index contributed by atoms with van der Waals surface area (Å²) in [5, 5.41) is 19.8. The normalized spacial score (nSPS) is 14.2. The van der Waals surface area contributed by atoms with E-state index in [1.807, 2.05) is 0 Å². The first-order chi connectivity index (χ1) is 11.8. The Bertz CT molecular complexity index is 709. The Labute approximate surface area is 142 Å². The van der Waals surface area contributed by atoms with Crippen molar-refractivity contribution in [2.45, 2.75) is 25.3 Å². The summed E-state index contributed by atoms with van der Waals surface area (Å²) < 4.78 is 0. The Morgan fingerprint density at radius 1 is 1.00 bits per heavy atom.